The van der Waals surface area contributed by atoms with E-state index in [1.165, 1.54) is 30.5 Å². The fraction of sp³-hybridized carbons (Fsp3) is 0.214. The number of carbonyl (C=O) groups excluding carboxylic acids is 1. The van der Waals surface area contributed by atoms with Gasteiger partial charge in [-0.1, -0.05) is 26.0 Å². The van der Waals surface area contributed by atoms with Crippen molar-refractivity contribution in [2.45, 2.75) is 38.9 Å². The van der Waals surface area contributed by atoms with Crippen LogP contribution in [0.3, 0.4) is 0 Å². The molecule has 216 valence electrons. The summed E-state index contributed by atoms with van der Waals surface area (Å²) in [5.74, 6) is -1.40. The molecule has 1 amide bonds. The lowest BCUT2D eigenvalue weighted by Gasteiger charge is -2.17. The Morgan fingerprint density at radius 3 is 2.36 bits per heavy atom. The molecule has 0 fully saturated rings. The van der Waals surface area contributed by atoms with E-state index in [0.717, 1.165) is 34.8 Å². The maximum Gasteiger partial charge on any atom is 0.408 e. The first-order valence-corrected chi connectivity index (χ1v) is 12.7. The van der Waals surface area contributed by atoms with Gasteiger partial charge in [0.05, 0.1) is 17.3 Å². The van der Waals surface area contributed by atoms with Crippen molar-refractivity contribution in [3.63, 3.8) is 0 Å². The number of fused-ring (bicyclic) bond motifs is 1. The molecule has 0 radical (unpaired) electrons. The molecule has 1 atom stereocenters. The zero-order chi connectivity index (χ0) is 30.3. The lowest BCUT2D eigenvalue weighted by atomic mass is 10.1. The number of carbonyl (C=O) groups is 1. The number of halogens is 4. The number of nitrogens with zero attached hydrogens (tertiary/aromatic N) is 6. The smallest absolute Gasteiger partial charge is 0.383 e. The van der Waals surface area contributed by atoms with Crippen LogP contribution in [0.2, 0.25) is 0 Å². The van der Waals surface area contributed by atoms with E-state index in [0.29, 0.717) is 22.5 Å². The Labute approximate surface area is 235 Å². The Bertz CT molecular complexity index is 1850. The molecular formula is C28H24F4N8O2. The number of alkyl halides is 3. The molecule has 10 nitrogen and oxygen atoms in total. The SMILES string of the molecule is CC(C)c1cc(C(=O)Nc2ccc(-c3cn(C(C)C(F)(F)F)c4ncnc(N)c34)cc2)c(=O)n(-c2ccc(F)cn2)n1. The minimum absolute atomic E-state index is 0.0195. The highest BCUT2D eigenvalue weighted by Gasteiger charge is 2.38. The predicted molar refractivity (Wildman–Crippen MR) is 148 cm³/mol. The third-order valence-corrected chi connectivity index (χ3v) is 6.68. The Kier molecular flexibility index (Phi) is 7.22. The van der Waals surface area contributed by atoms with Gasteiger partial charge in [-0.25, -0.2) is 19.3 Å². The number of amides is 1. The molecule has 0 aliphatic rings. The number of rotatable bonds is 6. The van der Waals surface area contributed by atoms with E-state index in [4.69, 9.17) is 5.73 Å². The second-order valence-corrected chi connectivity index (χ2v) is 9.85. The van der Waals surface area contributed by atoms with Crippen LogP contribution in [-0.2, 0) is 0 Å². The molecule has 0 spiro atoms. The average molecular weight is 581 g/mol. The van der Waals surface area contributed by atoms with Crippen LogP contribution in [0.4, 0.5) is 29.1 Å². The summed E-state index contributed by atoms with van der Waals surface area (Å²) in [5, 5.41) is 7.20. The van der Waals surface area contributed by atoms with Crippen LogP contribution in [0.1, 0.15) is 48.8 Å². The first-order chi connectivity index (χ1) is 19.8. The van der Waals surface area contributed by atoms with Gasteiger partial charge in [0.2, 0.25) is 0 Å². The van der Waals surface area contributed by atoms with Gasteiger partial charge < -0.3 is 15.6 Å². The van der Waals surface area contributed by atoms with E-state index in [-0.39, 0.29) is 34.2 Å². The van der Waals surface area contributed by atoms with Gasteiger partial charge in [-0.05, 0) is 48.7 Å². The summed E-state index contributed by atoms with van der Waals surface area (Å²) in [4.78, 5) is 38.3. The van der Waals surface area contributed by atoms with Gasteiger partial charge in [0, 0.05) is 17.4 Å². The van der Waals surface area contributed by atoms with E-state index in [2.05, 4.69) is 25.4 Å². The lowest BCUT2D eigenvalue weighted by Crippen LogP contribution is -2.31. The second-order valence-electron chi connectivity index (χ2n) is 9.85. The van der Waals surface area contributed by atoms with Gasteiger partial charge in [-0.2, -0.15) is 23.0 Å². The van der Waals surface area contributed by atoms with E-state index in [1.807, 2.05) is 13.8 Å². The van der Waals surface area contributed by atoms with Crippen LogP contribution < -0.4 is 16.6 Å². The fourth-order valence-corrected chi connectivity index (χ4v) is 4.32. The predicted octanol–water partition coefficient (Wildman–Crippen LogP) is 5.26. The second kappa shape index (κ2) is 10.7. The van der Waals surface area contributed by atoms with E-state index >= 15 is 0 Å². The van der Waals surface area contributed by atoms with Crippen molar-refractivity contribution in [2.75, 3.05) is 11.1 Å². The maximum atomic E-state index is 13.5. The number of nitrogens with two attached hydrogens (primary N) is 1. The number of nitrogens with one attached hydrogen (secondary N) is 1. The Morgan fingerprint density at radius 2 is 1.74 bits per heavy atom. The van der Waals surface area contributed by atoms with Crippen molar-refractivity contribution in [3.8, 4) is 16.9 Å². The van der Waals surface area contributed by atoms with Gasteiger partial charge >= 0.3 is 6.18 Å². The normalized spacial score (nSPS) is 12.6. The van der Waals surface area contributed by atoms with Crippen LogP contribution >= 0.6 is 0 Å². The standard InChI is InChI=1S/C28H24F4N8O2/c1-14(2)21-10-19(27(42)40(38-21)22-9-6-17(29)11-34-22)26(41)37-18-7-4-16(5-8-18)20-12-39(15(3)28(30,31)32)25-23(20)24(33)35-13-36-25/h4-15H,1-3H3,(H,37,41)(H2,33,35,36). The van der Waals surface area contributed by atoms with Gasteiger partial charge in [0.1, 0.15) is 35.2 Å². The van der Waals surface area contributed by atoms with Crippen molar-refractivity contribution < 1.29 is 22.4 Å². The molecule has 5 rings (SSSR count). The minimum atomic E-state index is -4.52. The Balaban J connectivity index is 1.48. The fourth-order valence-electron chi connectivity index (χ4n) is 4.32. The third kappa shape index (κ3) is 5.30. The number of anilines is 2. The van der Waals surface area contributed by atoms with Crippen LogP contribution in [0.5, 0.6) is 0 Å². The zero-order valence-electron chi connectivity index (χ0n) is 22.5. The van der Waals surface area contributed by atoms with Crippen LogP contribution in [0.25, 0.3) is 28.0 Å². The van der Waals surface area contributed by atoms with E-state index in [1.54, 1.807) is 12.1 Å². The van der Waals surface area contributed by atoms with Gasteiger partial charge in [-0.3, -0.25) is 9.59 Å². The summed E-state index contributed by atoms with van der Waals surface area (Å²) < 4.78 is 55.9. The monoisotopic (exact) mass is 580 g/mol. The van der Waals surface area contributed by atoms with Gasteiger partial charge in [0.25, 0.3) is 11.5 Å². The number of benzene rings is 1. The molecule has 42 heavy (non-hydrogen) atoms. The van der Waals surface area contributed by atoms with Crippen LogP contribution in [-0.4, -0.2) is 41.4 Å². The number of hydrogen-bond acceptors (Lipinski definition) is 7. The molecule has 4 heterocycles. The molecule has 5 aromatic rings. The lowest BCUT2D eigenvalue weighted by molar-refractivity contribution is -0.162. The first kappa shape index (κ1) is 28.4. The van der Waals surface area contributed by atoms with Crippen molar-refractivity contribution in [1.82, 2.24) is 29.3 Å². The molecule has 3 N–H and O–H groups in total. The van der Waals surface area contributed by atoms with Crippen molar-refractivity contribution in [1.29, 1.82) is 0 Å². The Hall–Kier alpha value is -5.14. The molecule has 1 unspecified atom stereocenters. The molecule has 4 aromatic heterocycles. The maximum absolute atomic E-state index is 13.5. The van der Waals surface area contributed by atoms with Crippen molar-refractivity contribution in [2.24, 2.45) is 0 Å². The largest absolute Gasteiger partial charge is 0.408 e. The summed E-state index contributed by atoms with van der Waals surface area (Å²) in [6.45, 7) is 4.68. The number of hydrogen-bond donors (Lipinski definition) is 2. The molecule has 1 aromatic carbocycles. The summed E-state index contributed by atoms with van der Waals surface area (Å²) in [6.07, 6.45) is -1.17. The van der Waals surface area contributed by atoms with Gasteiger partial charge in [-0.15, -0.1) is 0 Å². The van der Waals surface area contributed by atoms with Crippen molar-refractivity contribution in [3.05, 3.63) is 88.6 Å². The minimum Gasteiger partial charge on any atom is -0.383 e. The first-order valence-electron chi connectivity index (χ1n) is 12.7. The van der Waals surface area contributed by atoms with Gasteiger partial charge in [0.15, 0.2) is 5.82 Å². The third-order valence-electron chi connectivity index (χ3n) is 6.68. The molecule has 0 saturated heterocycles. The van der Waals surface area contributed by atoms with E-state index in [9.17, 15) is 27.2 Å². The number of nitrogen functional groups attached to an aromatic ring is 1. The number of pyridine rings is 1. The summed E-state index contributed by atoms with van der Waals surface area (Å²) >= 11 is 0. The molecule has 0 aliphatic heterocycles. The molecule has 0 bridgehead atoms. The topological polar surface area (TPSA) is 134 Å². The summed E-state index contributed by atoms with van der Waals surface area (Å²) in [5.41, 5.74) is 6.72. The van der Waals surface area contributed by atoms with Crippen LogP contribution in [0, 0.1) is 5.82 Å². The molecule has 0 saturated carbocycles. The summed E-state index contributed by atoms with van der Waals surface area (Å²) in [6, 6.07) is 8.17. The van der Waals surface area contributed by atoms with Crippen molar-refractivity contribution >= 4 is 28.4 Å². The highest BCUT2D eigenvalue weighted by atomic mass is 19.4. The highest BCUT2D eigenvalue weighted by Crippen LogP contribution is 2.38. The molecular weight excluding hydrogens is 556 g/mol. The van der Waals surface area contributed by atoms with Crippen LogP contribution in [0.15, 0.2) is 66.0 Å². The quantitative estimate of drug-likeness (QED) is 0.262. The zero-order valence-corrected chi connectivity index (χ0v) is 22.5. The number of aromatic nitrogens is 6. The Morgan fingerprint density at radius 1 is 1.02 bits per heavy atom. The van der Waals surface area contributed by atoms with E-state index < -0.39 is 29.5 Å². The summed E-state index contributed by atoms with van der Waals surface area (Å²) in [7, 11) is 0. The molecule has 0 aliphatic carbocycles. The molecule has 14 heteroatoms. The highest BCUT2D eigenvalue weighted by molar-refractivity contribution is 6.04. The average Bonchev–Trinajstić information content (AvgIpc) is 3.34.